The van der Waals surface area contributed by atoms with E-state index in [4.69, 9.17) is 24.1 Å². The number of aromatic nitrogens is 8. The van der Waals surface area contributed by atoms with E-state index < -0.39 is 102 Å². The molecule has 1 aliphatic heterocycles. The van der Waals surface area contributed by atoms with E-state index in [0.717, 1.165) is 112 Å². The number of urea groups is 4. The number of ether oxygens (including phenoxy) is 4. The highest BCUT2D eigenvalue weighted by molar-refractivity contribution is 7.90. The minimum absolute atomic E-state index is 0.0461. The number of anilines is 4. The summed E-state index contributed by atoms with van der Waals surface area (Å²) in [7, 11) is -5.26. The number of fused-ring (bicyclic) bond motifs is 2. The number of hydrogen-bond acceptors (Lipinski definition) is 25. The molecule has 0 atom stereocenters. The van der Waals surface area contributed by atoms with E-state index in [1.807, 2.05) is 157 Å². The quantitative estimate of drug-likeness (QED) is 0.0181. The molecule has 4 aromatic carbocycles. The lowest BCUT2D eigenvalue weighted by atomic mass is 9.93. The maximum absolute atomic E-state index is 13.0. The second-order valence-electron chi connectivity index (χ2n) is 34.3. The molecule has 8 aromatic rings. The summed E-state index contributed by atoms with van der Waals surface area (Å²) in [4.78, 5) is 108. The highest BCUT2D eigenvalue weighted by atomic mass is 32.2. The Morgan fingerprint density at radius 1 is 0.407 bits per heavy atom. The molecule has 0 unspecified atom stereocenters. The minimum atomic E-state index is -4.35. The number of amides is 12. The van der Waals surface area contributed by atoms with E-state index in [0.29, 0.717) is 89.4 Å². The summed E-state index contributed by atoms with van der Waals surface area (Å²) in [6, 6.07) is 20.4. The second kappa shape index (κ2) is 48.1. The first-order valence-electron chi connectivity index (χ1n) is 44.4. The molecule has 5 heterocycles. The second-order valence-corrected chi connectivity index (χ2v) is 40.8. The van der Waals surface area contributed by atoms with Gasteiger partial charge in [-0.05, 0) is 137 Å². The number of morpholine rings is 1. The van der Waals surface area contributed by atoms with Gasteiger partial charge in [0.25, 0.3) is 63.7 Å². The van der Waals surface area contributed by atoms with Gasteiger partial charge in [0.1, 0.15) is 22.8 Å². The van der Waals surface area contributed by atoms with Gasteiger partial charge >= 0.3 is 24.1 Å². The van der Waals surface area contributed by atoms with Crippen LogP contribution in [0.1, 0.15) is 236 Å². The number of sulfonamides is 4. The number of methoxy groups -OCH3 is 3. The largest absolute Gasteiger partial charge is 0.395 e. The van der Waals surface area contributed by atoms with Gasteiger partial charge in [0, 0.05) is 149 Å². The first kappa shape index (κ1) is 109. The molecule has 1 saturated heterocycles. The zero-order chi connectivity index (χ0) is 100. The van der Waals surface area contributed by atoms with Crippen molar-refractivity contribution in [2.45, 2.75) is 184 Å². The van der Waals surface area contributed by atoms with Crippen LogP contribution in [-0.2, 0) is 113 Å². The summed E-state index contributed by atoms with van der Waals surface area (Å²) < 4.78 is 136. The van der Waals surface area contributed by atoms with Crippen LogP contribution in [0, 0.1) is 0 Å². The molecule has 0 spiro atoms. The van der Waals surface area contributed by atoms with Crippen molar-refractivity contribution in [1.82, 2.24) is 77.6 Å². The molecule has 41 nitrogen and oxygen atoms in total. The highest BCUT2D eigenvalue weighted by Gasteiger charge is 2.35. The number of benzene rings is 4. The standard InChI is InChI=1S/C24H37N5O6S.C22H29N5O5S.C22H31N5O5S.C22H33N5O5S/c1-16(2)18-9-8-10-19(17(3)4)22(18)25-24(31)27-36(32,33)21-15-20(28(5)26-21)23(30)29(11-13-34-6)12-14-35-7;1-3-27(10-11-28)21(29)18-13-19(24-26(18)2)33(31,32)25-22(30)23-20-16-8-4-6-14(16)12-15-7-5-9-17(15)20;1-14(2)16-7-6-8-17(15(3)4)20(16)23-22(29)25-33(30,31)19-13-18(26(5)24-19)21(28)27-9-11-32-12-10-27;1-14(2)16-9-8-10-17(15(3)4)20(16)23-22(29)25-33(30,31)19-13-18(27(6)24-19)21(28)26(5)11-12-32-7/h8-10,15-17H,11-14H2,1-7H3,(H2,25,27,31);12-13,28H,3-11H2,1-2H3,(H2,23,25,30);6-8,13-15H,9-12H2,1-5H3,(H2,23,25,29);8-10,13-15H,11-12H2,1-7H3,(H2,23,25,29). The molecule has 1 fully saturated rings. The molecular weight excluding hydrogens is 1830 g/mol. The molecule has 3 aliphatic rings. The predicted octanol–water partition coefficient (Wildman–Crippen LogP) is 9.82. The SMILES string of the molecule is CC(C)c1cccc(C(C)C)c1NC(=O)NS(=O)(=O)c1cc(C(=O)N2CCOCC2)n(C)n1.CCN(CCO)C(=O)c1cc(S(=O)(=O)NC(=O)Nc2c3c(cc4c2CCC4)CCC3)nn1C.COCCN(C)C(=O)c1cc(S(=O)(=O)NC(=O)Nc2c(C(C)C)cccc2C(C)C)nn1C.COCCN(CCOC)C(=O)c1cc(S(=O)(=O)NC(=O)Nc2c(C(C)C)cccc2C(C)C)nn1C. The summed E-state index contributed by atoms with van der Waals surface area (Å²) in [6.07, 6.45) is 5.68. The van der Waals surface area contributed by atoms with Crippen molar-refractivity contribution in [1.29, 1.82) is 0 Å². The van der Waals surface area contributed by atoms with E-state index in [9.17, 15) is 72.0 Å². The van der Waals surface area contributed by atoms with Crippen molar-refractivity contribution in [2.24, 2.45) is 28.2 Å². The van der Waals surface area contributed by atoms with Gasteiger partial charge in [-0.2, -0.15) is 54.1 Å². The number of rotatable bonds is 34. The van der Waals surface area contributed by atoms with Crippen LogP contribution in [-0.4, -0.2) is 259 Å². The molecule has 2 aliphatic carbocycles. The number of nitrogens with one attached hydrogen (secondary N) is 8. The zero-order valence-electron chi connectivity index (χ0n) is 80.6. The number of carbonyl (C=O) groups excluding carboxylic acids is 8. The Labute approximate surface area is 790 Å². The van der Waals surface area contributed by atoms with Crippen LogP contribution >= 0.6 is 0 Å². The highest BCUT2D eigenvalue weighted by Crippen LogP contribution is 2.40. The minimum Gasteiger partial charge on any atom is -0.395 e. The maximum atomic E-state index is 13.0. The van der Waals surface area contributed by atoms with Crippen molar-refractivity contribution in [3.63, 3.8) is 0 Å². The molecule has 0 saturated carbocycles. The first-order valence-corrected chi connectivity index (χ1v) is 50.3. The Kier molecular flexibility index (Phi) is 38.7. The summed E-state index contributed by atoms with van der Waals surface area (Å²) in [5.41, 5.74) is 12.8. The van der Waals surface area contributed by atoms with Gasteiger partial charge in [0.05, 0.1) is 39.6 Å². The molecule has 9 N–H and O–H groups in total. The lowest BCUT2D eigenvalue weighted by molar-refractivity contribution is 0.0295. The zero-order valence-corrected chi connectivity index (χ0v) is 83.9. The normalized spacial score (nSPS) is 13.1. The smallest absolute Gasteiger partial charge is 0.333 e. The number of likely N-dealkylation sites (N-methyl/N-ethyl adjacent to an activating group) is 2. The Morgan fingerprint density at radius 3 is 1.00 bits per heavy atom. The number of carbonyl (C=O) groups is 8. The van der Waals surface area contributed by atoms with Crippen molar-refractivity contribution < 1.29 is 96.1 Å². The molecule has 740 valence electrons. The fourth-order valence-corrected chi connectivity index (χ4v) is 19.0. The third-order valence-corrected chi connectivity index (χ3v) is 27.4. The molecule has 12 amide bonds. The fraction of sp³-hybridized carbons (Fsp3) is 0.511. The van der Waals surface area contributed by atoms with Crippen LogP contribution in [0.2, 0.25) is 0 Å². The number of hydrogen-bond donors (Lipinski definition) is 9. The molecule has 4 aromatic heterocycles. The Hall–Kier alpha value is -11.7. The van der Waals surface area contributed by atoms with Gasteiger partial charge in [-0.15, -0.1) is 0 Å². The van der Waals surface area contributed by atoms with Gasteiger partial charge < -0.3 is 64.9 Å². The van der Waals surface area contributed by atoms with Gasteiger partial charge in [0.15, 0.2) is 20.1 Å². The van der Waals surface area contributed by atoms with Crippen LogP contribution in [0.3, 0.4) is 0 Å². The Balaban J connectivity index is 0.000000221. The molecular formula is C90H130N20O21S4. The molecule has 135 heavy (non-hydrogen) atoms. The Bertz CT molecular complexity index is 5940. The number of para-hydroxylation sites is 3. The van der Waals surface area contributed by atoms with Crippen molar-refractivity contribution in [3.8, 4) is 0 Å². The van der Waals surface area contributed by atoms with Crippen LogP contribution < -0.4 is 40.2 Å². The molecule has 0 bridgehead atoms. The van der Waals surface area contributed by atoms with Crippen LogP contribution in [0.4, 0.5) is 41.9 Å². The topological polar surface area (TPSA) is 511 Å². The van der Waals surface area contributed by atoms with Crippen molar-refractivity contribution in [2.75, 3.05) is 135 Å². The number of nitrogens with zero attached hydrogens (tertiary/aromatic N) is 12. The van der Waals surface area contributed by atoms with E-state index >= 15 is 0 Å². The van der Waals surface area contributed by atoms with Crippen molar-refractivity contribution >= 4 is 111 Å². The lowest BCUT2D eigenvalue weighted by Crippen LogP contribution is -2.41. The summed E-state index contributed by atoms with van der Waals surface area (Å²) in [6.45, 7) is 29.5. The average Bonchev–Trinajstić information content (AvgIpc) is 1.63. The van der Waals surface area contributed by atoms with Gasteiger partial charge in [-0.25, -0.2) is 38.1 Å². The number of aryl methyl sites for hydroxylation is 6. The van der Waals surface area contributed by atoms with E-state index in [1.165, 1.54) is 95.5 Å². The molecule has 45 heteroatoms. The number of aliphatic hydroxyl groups is 1. The fourth-order valence-electron chi connectivity index (χ4n) is 15.4. The third kappa shape index (κ3) is 28.0. The first-order chi connectivity index (χ1) is 63.6. The third-order valence-electron chi connectivity index (χ3n) is 22.6. The molecule has 11 rings (SSSR count). The van der Waals surface area contributed by atoms with Gasteiger partial charge in [-0.3, -0.25) is 37.9 Å². The number of aliphatic hydroxyl groups excluding tert-OH is 1. The van der Waals surface area contributed by atoms with Crippen LogP contribution in [0.5, 0.6) is 0 Å². The van der Waals surface area contributed by atoms with Gasteiger partial charge in [-0.1, -0.05) is 144 Å². The van der Waals surface area contributed by atoms with Crippen molar-refractivity contribution in [3.05, 3.63) is 163 Å². The Morgan fingerprint density at radius 2 is 0.696 bits per heavy atom. The van der Waals surface area contributed by atoms with Crippen LogP contribution in [0.25, 0.3) is 0 Å². The summed E-state index contributed by atoms with van der Waals surface area (Å²) in [5, 5.41) is 34.1. The average molecular weight is 1960 g/mol. The maximum Gasteiger partial charge on any atom is 0.333 e. The molecule has 0 radical (unpaired) electrons. The van der Waals surface area contributed by atoms with E-state index in [-0.39, 0.29) is 77.3 Å². The summed E-state index contributed by atoms with van der Waals surface area (Å²) in [5.74, 6) is -0.934. The predicted molar refractivity (Wildman–Crippen MR) is 508 cm³/mol. The van der Waals surface area contributed by atoms with E-state index in [1.54, 1.807) is 18.9 Å². The monoisotopic (exact) mass is 1950 g/mol. The van der Waals surface area contributed by atoms with E-state index in [2.05, 4.69) is 47.7 Å². The lowest BCUT2D eigenvalue weighted by Gasteiger charge is -2.26. The summed E-state index contributed by atoms with van der Waals surface area (Å²) >= 11 is 0. The van der Waals surface area contributed by atoms with Gasteiger partial charge in [0.2, 0.25) is 0 Å². The van der Waals surface area contributed by atoms with Crippen LogP contribution in [0.15, 0.2) is 105 Å².